The van der Waals surface area contributed by atoms with Crippen LogP contribution < -0.4 is 4.90 Å². The minimum atomic E-state index is -2.95. The highest BCUT2D eigenvalue weighted by Crippen LogP contribution is 2.25. The van der Waals surface area contributed by atoms with Gasteiger partial charge in [0.15, 0.2) is 9.84 Å². The molecule has 0 radical (unpaired) electrons. The Morgan fingerprint density at radius 3 is 2.84 bits per heavy atom. The fraction of sp³-hybridized carbons (Fsp3) is 0.667. The van der Waals surface area contributed by atoms with Gasteiger partial charge < -0.3 is 9.80 Å². The maximum atomic E-state index is 13.0. The normalized spacial score (nSPS) is 25.8. The number of carbonyl (C=O) groups is 1. The summed E-state index contributed by atoms with van der Waals surface area (Å²) in [5.41, 5.74) is 0.637. The Balaban J connectivity index is 1.78. The van der Waals surface area contributed by atoms with Crippen LogP contribution in [-0.4, -0.2) is 61.4 Å². The molecule has 2 aliphatic heterocycles. The van der Waals surface area contributed by atoms with Gasteiger partial charge in [-0.3, -0.25) is 4.79 Å². The number of pyridine rings is 1. The van der Waals surface area contributed by atoms with E-state index in [-0.39, 0.29) is 23.5 Å². The summed E-state index contributed by atoms with van der Waals surface area (Å²) in [7, 11) is -1.09. The molecule has 3 heterocycles. The van der Waals surface area contributed by atoms with E-state index in [1.807, 2.05) is 16.8 Å². The molecule has 2 saturated heterocycles. The number of likely N-dealkylation sites (tertiary alicyclic amines) is 1. The van der Waals surface area contributed by atoms with Gasteiger partial charge in [-0.2, -0.15) is 0 Å². The van der Waals surface area contributed by atoms with E-state index in [4.69, 9.17) is 0 Å². The molecule has 2 unspecified atom stereocenters. The lowest BCUT2D eigenvalue weighted by molar-refractivity contribution is 0.0608. The number of carbonyl (C=O) groups excluding carboxylic acids is 1. The van der Waals surface area contributed by atoms with Gasteiger partial charge in [-0.1, -0.05) is 6.92 Å². The first kappa shape index (κ1) is 18.2. The van der Waals surface area contributed by atoms with Gasteiger partial charge in [0.25, 0.3) is 5.91 Å². The van der Waals surface area contributed by atoms with Gasteiger partial charge in [0.1, 0.15) is 5.82 Å². The molecule has 2 fully saturated rings. The number of amides is 1. The number of anilines is 1. The predicted molar refractivity (Wildman–Crippen MR) is 98.7 cm³/mol. The van der Waals surface area contributed by atoms with Gasteiger partial charge in [-0.15, -0.1) is 0 Å². The molecule has 0 N–H and O–H groups in total. The first-order chi connectivity index (χ1) is 11.9. The van der Waals surface area contributed by atoms with Crippen LogP contribution in [0.2, 0.25) is 0 Å². The second-order valence-corrected chi connectivity index (χ2v) is 9.36. The zero-order chi connectivity index (χ0) is 18.0. The van der Waals surface area contributed by atoms with Crippen molar-refractivity contribution in [2.24, 2.45) is 0 Å². The fourth-order valence-electron chi connectivity index (χ4n) is 3.87. The maximum Gasteiger partial charge on any atom is 0.254 e. The van der Waals surface area contributed by atoms with Gasteiger partial charge >= 0.3 is 0 Å². The number of hydrogen-bond acceptors (Lipinski definition) is 5. The van der Waals surface area contributed by atoms with Crippen LogP contribution in [0, 0.1) is 0 Å². The Morgan fingerprint density at radius 2 is 2.16 bits per heavy atom. The number of sulfone groups is 1. The molecule has 2 aliphatic rings. The van der Waals surface area contributed by atoms with Crippen LogP contribution in [0.15, 0.2) is 18.3 Å². The SMILES string of the molecule is CCC1CCCCN1C(=O)c1ccnc(N(C)C2CCS(=O)(=O)C2)c1. The molecule has 0 aromatic carbocycles. The Bertz CT molecular complexity index is 735. The first-order valence-electron chi connectivity index (χ1n) is 9.11. The molecule has 3 rings (SSSR count). The third kappa shape index (κ3) is 3.97. The smallest absolute Gasteiger partial charge is 0.254 e. The second kappa shape index (κ2) is 7.32. The van der Waals surface area contributed by atoms with E-state index in [1.54, 1.807) is 18.3 Å². The molecule has 0 saturated carbocycles. The van der Waals surface area contributed by atoms with Crippen molar-refractivity contribution < 1.29 is 13.2 Å². The zero-order valence-corrected chi connectivity index (χ0v) is 15.8. The van der Waals surface area contributed by atoms with Crippen molar-refractivity contribution in [1.82, 2.24) is 9.88 Å². The predicted octanol–water partition coefficient (Wildman–Crippen LogP) is 2.11. The van der Waals surface area contributed by atoms with Crippen molar-refractivity contribution in [3.63, 3.8) is 0 Å². The molecular formula is C18H27N3O3S. The molecule has 1 aromatic rings. The van der Waals surface area contributed by atoms with E-state index in [9.17, 15) is 13.2 Å². The summed E-state index contributed by atoms with van der Waals surface area (Å²) in [5, 5.41) is 0. The topological polar surface area (TPSA) is 70.6 Å². The molecule has 7 heteroatoms. The van der Waals surface area contributed by atoms with Gasteiger partial charge in [0.05, 0.1) is 11.5 Å². The second-order valence-electron chi connectivity index (χ2n) is 7.13. The molecule has 2 atom stereocenters. The molecule has 1 amide bonds. The van der Waals surface area contributed by atoms with Crippen molar-refractivity contribution >= 4 is 21.6 Å². The van der Waals surface area contributed by atoms with Crippen LogP contribution in [0.5, 0.6) is 0 Å². The molecule has 0 bridgehead atoms. The number of aromatic nitrogens is 1. The monoisotopic (exact) mass is 365 g/mol. The van der Waals surface area contributed by atoms with Gasteiger partial charge in [0, 0.05) is 37.4 Å². The third-order valence-corrected chi connectivity index (χ3v) is 7.22. The van der Waals surface area contributed by atoms with Crippen LogP contribution in [0.25, 0.3) is 0 Å². The van der Waals surface area contributed by atoms with E-state index in [2.05, 4.69) is 11.9 Å². The molecule has 0 aliphatic carbocycles. The zero-order valence-electron chi connectivity index (χ0n) is 15.0. The van der Waals surface area contributed by atoms with Crippen molar-refractivity contribution in [3.8, 4) is 0 Å². The minimum absolute atomic E-state index is 0.0580. The Hall–Kier alpha value is -1.63. The lowest BCUT2D eigenvalue weighted by atomic mass is 9.99. The van der Waals surface area contributed by atoms with Gasteiger partial charge in [-0.05, 0) is 44.2 Å². The van der Waals surface area contributed by atoms with Crippen LogP contribution in [0.4, 0.5) is 5.82 Å². The van der Waals surface area contributed by atoms with Gasteiger partial charge in [-0.25, -0.2) is 13.4 Å². The van der Waals surface area contributed by atoms with Crippen LogP contribution >= 0.6 is 0 Å². The number of hydrogen-bond donors (Lipinski definition) is 0. The van der Waals surface area contributed by atoms with Gasteiger partial charge in [0.2, 0.25) is 0 Å². The highest BCUT2D eigenvalue weighted by Gasteiger charge is 2.32. The summed E-state index contributed by atoms with van der Waals surface area (Å²) in [4.78, 5) is 21.2. The molecule has 138 valence electrons. The van der Waals surface area contributed by atoms with E-state index in [0.717, 1.165) is 25.8 Å². The Morgan fingerprint density at radius 1 is 1.36 bits per heavy atom. The Labute approximate surface area is 150 Å². The summed E-state index contributed by atoms with van der Waals surface area (Å²) in [6.45, 7) is 2.94. The average Bonchev–Trinajstić information content (AvgIpc) is 3.00. The highest BCUT2D eigenvalue weighted by atomic mass is 32.2. The number of piperidine rings is 1. The van der Waals surface area contributed by atoms with E-state index < -0.39 is 9.84 Å². The van der Waals surface area contributed by atoms with Crippen LogP contribution in [-0.2, 0) is 9.84 Å². The summed E-state index contributed by atoms with van der Waals surface area (Å²) < 4.78 is 23.4. The fourth-order valence-corrected chi connectivity index (χ4v) is 5.64. The van der Waals surface area contributed by atoms with E-state index >= 15 is 0 Å². The lowest BCUT2D eigenvalue weighted by Gasteiger charge is -2.35. The molecular weight excluding hydrogens is 338 g/mol. The van der Waals surface area contributed by atoms with Crippen LogP contribution in [0.3, 0.4) is 0 Å². The third-order valence-electron chi connectivity index (χ3n) is 5.47. The molecule has 1 aromatic heterocycles. The highest BCUT2D eigenvalue weighted by molar-refractivity contribution is 7.91. The lowest BCUT2D eigenvalue weighted by Crippen LogP contribution is -2.43. The Kier molecular flexibility index (Phi) is 5.32. The van der Waals surface area contributed by atoms with E-state index in [0.29, 0.717) is 23.8 Å². The quantitative estimate of drug-likeness (QED) is 0.817. The summed E-state index contributed by atoms with van der Waals surface area (Å²) in [6, 6.07) is 3.80. The number of nitrogens with zero attached hydrogens (tertiary/aromatic N) is 3. The van der Waals surface area contributed by atoms with Crippen molar-refractivity contribution in [1.29, 1.82) is 0 Å². The largest absolute Gasteiger partial charge is 0.356 e. The molecule has 0 spiro atoms. The molecule has 6 nitrogen and oxygen atoms in total. The van der Waals surface area contributed by atoms with Crippen molar-refractivity contribution in [2.75, 3.05) is 30.0 Å². The minimum Gasteiger partial charge on any atom is -0.356 e. The summed E-state index contributed by atoms with van der Waals surface area (Å²) in [6.07, 6.45) is 6.54. The average molecular weight is 365 g/mol. The van der Waals surface area contributed by atoms with Crippen molar-refractivity contribution in [2.45, 2.75) is 51.1 Å². The molecule has 25 heavy (non-hydrogen) atoms. The summed E-state index contributed by atoms with van der Waals surface area (Å²) >= 11 is 0. The summed E-state index contributed by atoms with van der Waals surface area (Å²) in [5.74, 6) is 1.11. The standard InChI is InChI=1S/C18H27N3O3S/c1-3-15-6-4-5-10-21(15)18(22)14-7-9-19-17(12-14)20(2)16-8-11-25(23,24)13-16/h7,9,12,15-16H,3-6,8,10-11,13H2,1-2H3. The van der Waals surface area contributed by atoms with Crippen LogP contribution in [0.1, 0.15) is 49.4 Å². The first-order valence-corrected chi connectivity index (χ1v) is 10.9. The number of rotatable bonds is 4. The van der Waals surface area contributed by atoms with Crippen molar-refractivity contribution in [3.05, 3.63) is 23.9 Å². The maximum absolute atomic E-state index is 13.0. The van der Waals surface area contributed by atoms with E-state index in [1.165, 1.54) is 6.42 Å².